The van der Waals surface area contributed by atoms with Gasteiger partial charge in [0.25, 0.3) is 5.91 Å². The van der Waals surface area contributed by atoms with Crippen LogP contribution in [0.2, 0.25) is 0 Å². The normalized spacial score (nSPS) is 14.1. The molecule has 1 aromatic carbocycles. The van der Waals surface area contributed by atoms with Gasteiger partial charge in [0.1, 0.15) is 11.5 Å². The van der Waals surface area contributed by atoms with E-state index in [1.54, 1.807) is 24.5 Å². The maximum absolute atomic E-state index is 12.1. The molecule has 132 valence electrons. The Balaban J connectivity index is 1.42. The highest BCUT2D eigenvalue weighted by Crippen LogP contribution is 2.24. The van der Waals surface area contributed by atoms with Gasteiger partial charge in [-0.3, -0.25) is 15.6 Å². The van der Waals surface area contributed by atoms with Gasteiger partial charge in [0.05, 0.1) is 18.9 Å². The van der Waals surface area contributed by atoms with E-state index in [9.17, 15) is 4.79 Å². The minimum absolute atomic E-state index is 0.269. The Morgan fingerprint density at radius 3 is 2.60 bits per heavy atom. The number of thiocarbonyl (C=S) groups is 1. The van der Waals surface area contributed by atoms with Gasteiger partial charge < -0.3 is 14.5 Å². The third-order valence-corrected chi connectivity index (χ3v) is 4.26. The summed E-state index contributed by atoms with van der Waals surface area (Å²) in [6.45, 7) is 0.446. The number of carbonyl (C=O) groups excluding carboxylic acids is 1. The van der Waals surface area contributed by atoms with Gasteiger partial charge in [0.15, 0.2) is 5.11 Å². The van der Waals surface area contributed by atoms with E-state index in [4.69, 9.17) is 21.4 Å². The Labute approximate surface area is 151 Å². The minimum Gasteiger partial charge on any atom is -0.490 e. The average molecular weight is 359 g/mol. The van der Waals surface area contributed by atoms with E-state index in [-0.39, 0.29) is 5.91 Å². The Hall–Kier alpha value is -2.54. The van der Waals surface area contributed by atoms with Crippen LogP contribution < -0.4 is 20.9 Å². The van der Waals surface area contributed by atoms with Crippen LogP contribution in [0.4, 0.5) is 0 Å². The highest BCUT2D eigenvalue weighted by atomic mass is 32.1. The zero-order valence-corrected chi connectivity index (χ0v) is 14.6. The third-order valence-electron chi connectivity index (χ3n) is 4.01. The fourth-order valence-electron chi connectivity index (χ4n) is 2.69. The molecule has 3 N–H and O–H groups in total. The van der Waals surface area contributed by atoms with E-state index in [0.717, 1.165) is 24.4 Å². The number of carbonyl (C=O) groups is 1. The number of hydrogen-bond donors (Lipinski definition) is 3. The lowest BCUT2D eigenvalue weighted by Gasteiger charge is -2.13. The van der Waals surface area contributed by atoms with E-state index in [0.29, 0.717) is 23.3 Å². The zero-order valence-electron chi connectivity index (χ0n) is 13.8. The lowest BCUT2D eigenvalue weighted by Crippen LogP contribution is -2.46. The molecule has 1 saturated carbocycles. The molecule has 2 aromatic rings. The van der Waals surface area contributed by atoms with Gasteiger partial charge in [-0.25, -0.2) is 0 Å². The van der Waals surface area contributed by atoms with Crippen molar-refractivity contribution in [2.45, 2.75) is 38.3 Å². The van der Waals surface area contributed by atoms with Crippen molar-refractivity contribution in [3.8, 4) is 5.75 Å². The van der Waals surface area contributed by atoms with Crippen molar-refractivity contribution < 1.29 is 13.9 Å². The molecule has 0 unspecified atom stereocenters. The molecular formula is C18H21N3O3S. The first-order valence-corrected chi connectivity index (χ1v) is 8.75. The van der Waals surface area contributed by atoms with Gasteiger partial charge in [-0.2, -0.15) is 0 Å². The number of benzene rings is 1. The van der Waals surface area contributed by atoms with Crippen LogP contribution in [0.25, 0.3) is 0 Å². The Morgan fingerprint density at radius 2 is 1.92 bits per heavy atom. The summed E-state index contributed by atoms with van der Waals surface area (Å²) in [4.78, 5) is 12.1. The molecule has 1 aliphatic rings. The highest BCUT2D eigenvalue weighted by Gasteiger charge is 2.16. The molecule has 0 aliphatic heterocycles. The van der Waals surface area contributed by atoms with Crippen LogP contribution in [0.15, 0.2) is 47.1 Å². The van der Waals surface area contributed by atoms with Crippen LogP contribution in [0, 0.1) is 0 Å². The van der Waals surface area contributed by atoms with Crippen LogP contribution in [0.1, 0.15) is 41.8 Å². The lowest BCUT2D eigenvalue weighted by molar-refractivity contribution is 0.0943. The molecule has 0 saturated heterocycles. The van der Waals surface area contributed by atoms with Crippen molar-refractivity contribution in [1.82, 2.24) is 16.2 Å². The van der Waals surface area contributed by atoms with Gasteiger partial charge >= 0.3 is 0 Å². The number of hydrazine groups is 1. The molecule has 0 atom stereocenters. The Kier molecular flexibility index (Phi) is 5.90. The van der Waals surface area contributed by atoms with E-state index in [1.807, 2.05) is 18.2 Å². The van der Waals surface area contributed by atoms with Gasteiger partial charge in [0.2, 0.25) is 0 Å². The van der Waals surface area contributed by atoms with Crippen molar-refractivity contribution in [3.05, 3.63) is 54.0 Å². The van der Waals surface area contributed by atoms with Crippen LogP contribution in [-0.2, 0) is 6.54 Å². The van der Waals surface area contributed by atoms with Crippen LogP contribution in [0.5, 0.6) is 5.75 Å². The van der Waals surface area contributed by atoms with Gasteiger partial charge in [0, 0.05) is 5.56 Å². The molecule has 1 aliphatic carbocycles. The summed E-state index contributed by atoms with van der Waals surface area (Å²) >= 11 is 5.10. The standard InChI is InChI=1S/C18H21N3O3S/c22-17(20-21-18(25)19-12-16-6-3-11-23-16)13-7-9-15(10-8-13)24-14-4-1-2-5-14/h3,6-11,14H,1-2,4-5,12H2,(H,20,22)(H2,19,21,25). The molecule has 1 amide bonds. The largest absolute Gasteiger partial charge is 0.490 e. The van der Waals surface area contributed by atoms with Gasteiger partial charge in [-0.05, 0) is 74.3 Å². The van der Waals surface area contributed by atoms with Crippen molar-refractivity contribution >= 4 is 23.2 Å². The van der Waals surface area contributed by atoms with Crippen LogP contribution in [0.3, 0.4) is 0 Å². The van der Waals surface area contributed by atoms with Gasteiger partial charge in [-0.15, -0.1) is 0 Å². The summed E-state index contributed by atoms with van der Waals surface area (Å²) in [5, 5.41) is 3.24. The van der Waals surface area contributed by atoms with Crippen molar-refractivity contribution in [3.63, 3.8) is 0 Å². The third kappa shape index (κ3) is 5.22. The van der Waals surface area contributed by atoms with E-state index in [2.05, 4.69) is 16.2 Å². The molecule has 7 heteroatoms. The van der Waals surface area contributed by atoms with E-state index in [1.165, 1.54) is 12.8 Å². The summed E-state index contributed by atoms with van der Waals surface area (Å²) in [6.07, 6.45) is 6.56. The number of ether oxygens (including phenoxy) is 1. The van der Waals surface area contributed by atoms with E-state index < -0.39 is 0 Å². The molecule has 3 rings (SSSR count). The number of amides is 1. The van der Waals surface area contributed by atoms with Crippen molar-refractivity contribution in [2.75, 3.05) is 0 Å². The lowest BCUT2D eigenvalue weighted by atomic mass is 10.2. The fraction of sp³-hybridized carbons (Fsp3) is 0.333. The molecule has 6 nitrogen and oxygen atoms in total. The second-order valence-electron chi connectivity index (χ2n) is 5.89. The summed E-state index contributed by atoms with van der Waals surface area (Å²) in [5.41, 5.74) is 5.75. The number of hydrogen-bond acceptors (Lipinski definition) is 4. The monoisotopic (exact) mass is 359 g/mol. The average Bonchev–Trinajstić information content (AvgIpc) is 3.32. The maximum atomic E-state index is 12.1. The van der Waals surface area contributed by atoms with Gasteiger partial charge in [-0.1, -0.05) is 0 Å². The zero-order chi connectivity index (χ0) is 17.5. The number of rotatable bonds is 5. The SMILES string of the molecule is O=C(NNC(=S)NCc1ccco1)c1ccc(OC2CCCC2)cc1. The Morgan fingerprint density at radius 1 is 1.16 bits per heavy atom. The predicted octanol–water partition coefficient (Wildman–Crippen LogP) is 2.91. The number of nitrogens with one attached hydrogen (secondary N) is 3. The van der Waals surface area contributed by atoms with E-state index >= 15 is 0 Å². The summed E-state index contributed by atoms with van der Waals surface area (Å²) in [5.74, 6) is 1.29. The maximum Gasteiger partial charge on any atom is 0.269 e. The smallest absolute Gasteiger partial charge is 0.269 e. The number of furan rings is 1. The molecule has 1 aromatic heterocycles. The second kappa shape index (κ2) is 8.53. The molecule has 0 spiro atoms. The molecule has 1 heterocycles. The first kappa shape index (κ1) is 17.3. The molecule has 0 bridgehead atoms. The summed E-state index contributed by atoms with van der Waals surface area (Å²) in [7, 11) is 0. The summed E-state index contributed by atoms with van der Waals surface area (Å²) < 4.78 is 11.1. The fourth-order valence-corrected chi connectivity index (χ4v) is 2.82. The topological polar surface area (TPSA) is 75.5 Å². The quantitative estimate of drug-likeness (QED) is 0.563. The Bertz CT molecular complexity index is 695. The molecule has 25 heavy (non-hydrogen) atoms. The first-order valence-electron chi connectivity index (χ1n) is 8.34. The summed E-state index contributed by atoms with van der Waals surface area (Å²) in [6, 6.07) is 10.8. The van der Waals surface area contributed by atoms with Crippen molar-refractivity contribution in [2.24, 2.45) is 0 Å². The second-order valence-corrected chi connectivity index (χ2v) is 6.30. The first-order chi connectivity index (χ1) is 12.2. The molecule has 0 radical (unpaired) electrons. The minimum atomic E-state index is -0.269. The van der Waals surface area contributed by atoms with Crippen LogP contribution >= 0.6 is 12.2 Å². The van der Waals surface area contributed by atoms with Crippen molar-refractivity contribution in [1.29, 1.82) is 0 Å². The molecular weight excluding hydrogens is 338 g/mol. The molecule has 1 fully saturated rings. The predicted molar refractivity (Wildman–Crippen MR) is 98.1 cm³/mol. The van der Waals surface area contributed by atoms with Crippen LogP contribution in [-0.4, -0.2) is 17.1 Å². The highest BCUT2D eigenvalue weighted by molar-refractivity contribution is 7.80.